The predicted octanol–water partition coefficient (Wildman–Crippen LogP) is 6.08. The molecule has 196 valence electrons. The summed E-state index contributed by atoms with van der Waals surface area (Å²) in [5.74, 6) is -0.146. The van der Waals surface area contributed by atoms with Crippen LogP contribution in [-0.4, -0.2) is 35.8 Å². The lowest BCUT2D eigenvalue weighted by molar-refractivity contribution is -0.138. The fourth-order valence-electron chi connectivity index (χ4n) is 4.40. The molecule has 0 spiro atoms. The molecule has 2 heterocycles. The van der Waals surface area contributed by atoms with Gasteiger partial charge in [0.25, 0.3) is 0 Å². The van der Waals surface area contributed by atoms with Gasteiger partial charge >= 0.3 is 6.18 Å². The molecular weight excluding hydrogens is 488 g/mol. The second-order valence-corrected chi connectivity index (χ2v) is 8.84. The standard InChI is InChI=1S/C27H28F4N4O2/c28-20-12-9-18(10-13-20)5-4-16-36-24-14-11-19(17-21(24)27(29,30)31)22-6-1-2-8-25(37-34-22)23-7-3-15-35(23)26(32)33/h4-5,8-14,17,23H,1-3,6-7,15-16H2,(H3,32,33)/b5-4+,25-8?,34-22?/t23-/m0/s1. The molecule has 1 fully saturated rings. The highest BCUT2D eigenvalue weighted by molar-refractivity contribution is 6.00. The van der Waals surface area contributed by atoms with Crippen molar-refractivity contribution in [2.75, 3.05) is 13.2 Å². The molecule has 0 saturated carbocycles. The Morgan fingerprint density at radius 3 is 2.70 bits per heavy atom. The summed E-state index contributed by atoms with van der Waals surface area (Å²) in [6, 6.07) is 9.38. The lowest BCUT2D eigenvalue weighted by Gasteiger charge is -2.26. The SMILES string of the molecule is N=C(N)N1CCC[C@H]1C1=CCCCC(c2ccc(OC/C=C/c3ccc(F)cc3)c(C(F)(F)F)c2)=NO1. The quantitative estimate of drug-likeness (QED) is 0.277. The summed E-state index contributed by atoms with van der Waals surface area (Å²) in [5.41, 5.74) is 6.20. The first-order valence-electron chi connectivity index (χ1n) is 12.0. The molecule has 0 aliphatic carbocycles. The van der Waals surface area contributed by atoms with Crippen molar-refractivity contribution in [3.63, 3.8) is 0 Å². The Labute approximate surface area is 212 Å². The van der Waals surface area contributed by atoms with E-state index in [4.69, 9.17) is 20.7 Å². The maximum atomic E-state index is 13.9. The van der Waals surface area contributed by atoms with Gasteiger partial charge in [0.1, 0.15) is 18.2 Å². The van der Waals surface area contributed by atoms with Gasteiger partial charge in [0, 0.05) is 12.1 Å². The average Bonchev–Trinajstić information content (AvgIpc) is 3.33. The van der Waals surface area contributed by atoms with Crippen LogP contribution in [0.2, 0.25) is 0 Å². The maximum absolute atomic E-state index is 13.9. The van der Waals surface area contributed by atoms with E-state index in [0.717, 1.165) is 18.9 Å². The molecule has 0 amide bonds. The molecule has 3 N–H and O–H groups in total. The number of likely N-dealkylation sites (tertiary alicyclic amines) is 1. The van der Waals surface area contributed by atoms with Crippen LogP contribution in [0.4, 0.5) is 17.6 Å². The Morgan fingerprint density at radius 2 is 1.97 bits per heavy atom. The van der Waals surface area contributed by atoms with Gasteiger partial charge < -0.3 is 20.2 Å². The second-order valence-electron chi connectivity index (χ2n) is 8.84. The van der Waals surface area contributed by atoms with Crippen LogP contribution < -0.4 is 10.5 Å². The normalized spacial score (nSPS) is 18.6. The number of alkyl halides is 3. The number of hydrogen-bond donors (Lipinski definition) is 2. The van der Waals surface area contributed by atoms with Crippen LogP contribution in [0.15, 0.2) is 65.5 Å². The van der Waals surface area contributed by atoms with Crippen LogP contribution >= 0.6 is 0 Å². The Hall–Kier alpha value is -3.82. The summed E-state index contributed by atoms with van der Waals surface area (Å²) in [5, 5.41) is 12.0. The number of allylic oxidation sites excluding steroid dienone is 1. The lowest BCUT2D eigenvalue weighted by atomic mass is 10.0. The van der Waals surface area contributed by atoms with Gasteiger partial charge in [-0.25, -0.2) is 4.39 Å². The van der Waals surface area contributed by atoms with E-state index < -0.39 is 11.7 Å². The molecular formula is C27H28F4N4O2. The first kappa shape index (κ1) is 26.2. The zero-order valence-electron chi connectivity index (χ0n) is 20.1. The van der Waals surface area contributed by atoms with Gasteiger partial charge in [-0.05, 0) is 80.2 Å². The monoisotopic (exact) mass is 516 g/mol. The molecule has 0 aromatic heterocycles. The van der Waals surface area contributed by atoms with Gasteiger partial charge in [-0.15, -0.1) is 0 Å². The van der Waals surface area contributed by atoms with Crippen molar-refractivity contribution in [2.24, 2.45) is 10.9 Å². The fraction of sp³-hybridized carbons (Fsp3) is 0.333. The third kappa shape index (κ3) is 6.69. The summed E-state index contributed by atoms with van der Waals surface area (Å²) < 4.78 is 60.1. The van der Waals surface area contributed by atoms with Gasteiger partial charge in [-0.3, -0.25) is 5.41 Å². The molecule has 10 heteroatoms. The van der Waals surface area contributed by atoms with Gasteiger partial charge in [-0.2, -0.15) is 13.2 Å². The van der Waals surface area contributed by atoms with E-state index in [1.807, 2.05) is 6.08 Å². The summed E-state index contributed by atoms with van der Waals surface area (Å²) in [6.45, 7) is 0.554. The Balaban J connectivity index is 1.50. The van der Waals surface area contributed by atoms with Crippen molar-refractivity contribution in [1.29, 1.82) is 5.41 Å². The van der Waals surface area contributed by atoms with Crippen molar-refractivity contribution >= 4 is 17.7 Å². The van der Waals surface area contributed by atoms with Crippen LogP contribution in [0, 0.1) is 11.2 Å². The highest BCUT2D eigenvalue weighted by Gasteiger charge is 2.35. The fourth-order valence-corrected chi connectivity index (χ4v) is 4.40. The van der Waals surface area contributed by atoms with E-state index >= 15 is 0 Å². The Bertz CT molecular complexity index is 1210. The van der Waals surface area contributed by atoms with E-state index in [1.165, 1.54) is 18.2 Å². The largest absolute Gasteiger partial charge is 0.489 e. The molecule has 37 heavy (non-hydrogen) atoms. The zero-order chi connectivity index (χ0) is 26.4. The Kier molecular flexibility index (Phi) is 8.15. The van der Waals surface area contributed by atoms with Crippen LogP contribution in [0.25, 0.3) is 6.08 Å². The van der Waals surface area contributed by atoms with Crippen molar-refractivity contribution < 1.29 is 27.1 Å². The highest BCUT2D eigenvalue weighted by atomic mass is 19.4. The van der Waals surface area contributed by atoms with E-state index in [-0.39, 0.29) is 30.2 Å². The first-order chi connectivity index (χ1) is 17.7. The van der Waals surface area contributed by atoms with E-state index in [1.54, 1.807) is 35.3 Å². The van der Waals surface area contributed by atoms with Crippen LogP contribution in [0.5, 0.6) is 5.75 Å². The molecule has 2 aliphatic rings. The van der Waals surface area contributed by atoms with Crippen LogP contribution in [0.1, 0.15) is 48.8 Å². The third-order valence-electron chi connectivity index (χ3n) is 6.25. The summed E-state index contributed by atoms with van der Waals surface area (Å²) >= 11 is 0. The molecule has 1 saturated heterocycles. The molecule has 0 radical (unpaired) electrons. The smallest absolute Gasteiger partial charge is 0.419 e. The van der Waals surface area contributed by atoms with Gasteiger partial charge in [0.05, 0.1) is 17.3 Å². The van der Waals surface area contributed by atoms with E-state index in [9.17, 15) is 17.6 Å². The van der Waals surface area contributed by atoms with Gasteiger partial charge in [0.15, 0.2) is 11.7 Å². The minimum Gasteiger partial charge on any atom is -0.489 e. The van der Waals surface area contributed by atoms with Crippen molar-refractivity contribution in [3.05, 3.63) is 82.9 Å². The highest BCUT2D eigenvalue weighted by Crippen LogP contribution is 2.37. The zero-order valence-corrected chi connectivity index (χ0v) is 20.1. The summed E-state index contributed by atoms with van der Waals surface area (Å²) in [4.78, 5) is 7.45. The number of nitrogens with two attached hydrogens (primary N) is 1. The van der Waals surface area contributed by atoms with Gasteiger partial charge in [0.2, 0.25) is 0 Å². The van der Waals surface area contributed by atoms with Crippen LogP contribution in [0.3, 0.4) is 0 Å². The minimum atomic E-state index is -4.63. The molecule has 0 unspecified atom stereocenters. The molecule has 0 bridgehead atoms. The van der Waals surface area contributed by atoms with E-state index in [2.05, 4.69) is 5.16 Å². The molecule has 4 rings (SSSR count). The molecule has 2 aliphatic heterocycles. The molecule has 2 aromatic rings. The average molecular weight is 517 g/mol. The number of halogens is 4. The number of nitrogens with zero attached hydrogens (tertiary/aromatic N) is 2. The number of guanidine groups is 1. The molecule has 6 nitrogen and oxygen atoms in total. The Morgan fingerprint density at radius 1 is 1.19 bits per heavy atom. The third-order valence-corrected chi connectivity index (χ3v) is 6.25. The topological polar surface area (TPSA) is 83.9 Å². The summed E-state index contributed by atoms with van der Waals surface area (Å²) in [6.07, 6.45) is 3.92. The van der Waals surface area contributed by atoms with Gasteiger partial charge in [-0.1, -0.05) is 23.4 Å². The van der Waals surface area contributed by atoms with Crippen molar-refractivity contribution in [2.45, 2.75) is 44.3 Å². The molecule has 1 atom stereocenters. The number of nitrogens with one attached hydrogen (secondary N) is 1. The number of ether oxygens (including phenoxy) is 1. The number of rotatable bonds is 6. The minimum absolute atomic E-state index is 0.0452. The summed E-state index contributed by atoms with van der Waals surface area (Å²) in [7, 11) is 0. The molecule has 2 aromatic carbocycles. The first-order valence-corrected chi connectivity index (χ1v) is 12.0. The lowest BCUT2D eigenvalue weighted by Crippen LogP contribution is -2.41. The predicted molar refractivity (Wildman–Crippen MR) is 134 cm³/mol. The number of benzene rings is 2. The second kappa shape index (κ2) is 11.5. The maximum Gasteiger partial charge on any atom is 0.419 e. The van der Waals surface area contributed by atoms with Crippen molar-refractivity contribution in [3.8, 4) is 5.75 Å². The number of oxime groups is 1. The van der Waals surface area contributed by atoms with Crippen molar-refractivity contribution in [1.82, 2.24) is 4.90 Å². The van der Waals surface area contributed by atoms with Crippen LogP contribution in [-0.2, 0) is 11.0 Å². The number of hydrogen-bond acceptors (Lipinski definition) is 4. The van der Waals surface area contributed by atoms with E-state index in [0.29, 0.717) is 48.4 Å².